The Bertz CT molecular complexity index is 1460. The van der Waals surface area contributed by atoms with Gasteiger partial charge in [0.1, 0.15) is 11.3 Å². The number of hydrogen-bond acceptors (Lipinski definition) is 3. The minimum Gasteiger partial charge on any atom is -0.508 e. The lowest BCUT2D eigenvalue weighted by atomic mass is 10.0. The summed E-state index contributed by atoms with van der Waals surface area (Å²) in [4.78, 5) is 10.2. The van der Waals surface area contributed by atoms with Crippen LogP contribution in [0.1, 0.15) is 21.5 Å². The van der Waals surface area contributed by atoms with E-state index in [0.717, 1.165) is 11.6 Å². The van der Waals surface area contributed by atoms with Crippen molar-refractivity contribution in [2.24, 2.45) is 0 Å². The summed E-state index contributed by atoms with van der Waals surface area (Å²) in [5.74, 6) is -0.788. The summed E-state index contributed by atoms with van der Waals surface area (Å²) in [6.07, 6.45) is -4.49. The van der Waals surface area contributed by atoms with Crippen molar-refractivity contribution in [3.63, 3.8) is 0 Å². The van der Waals surface area contributed by atoms with Crippen molar-refractivity contribution in [1.29, 1.82) is 0 Å². The molecular formula is C28H21F3N2O3. The summed E-state index contributed by atoms with van der Waals surface area (Å²) < 4.78 is 42.0. The third-order valence-corrected chi connectivity index (χ3v) is 5.41. The van der Waals surface area contributed by atoms with Crippen LogP contribution in [0.15, 0.2) is 103 Å². The lowest BCUT2D eigenvalue weighted by molar-refractivity contribution is -0.136. The average Bonchev–Trinajstić information content (AvgIpc) is 3.23. The smallest absolute Gasteiger partial charge is 0.418 e. The Balaban J connectivity index is 0.000000286. The van der Waals surface area contributed by atoms with E-state index in [9.17, 15) is 23.1 Å². The van der Waals surface area contributed by atoms with Crippen LogP contribution in [0.4, 0.5) is 13.2 Å². The maximum atomic E-state index is 13.5. The van der Waals surface area contributed by atoms with Crippen LogP contribution in [0, 0.1) is 0 Å². The summed E-state index contributed by atoms with van der Waals surface area (Å²) in [5.41, 5.74) is 1.69. The first-order valence-corrected chi connectivity index (χ1v) is 10.9. The second-order valence-electron chi connectivity index (χ2n) is 7.91. The number of fused-ring (bicyclic) bond motifs is 1. The number of phenols is 1. The fraction of sp³-hybridized carbons (Fsp3) is 0.0714. The summed E-state index contributed by atoms with van der Waals surface area (Å²) in [6.45, 7) is 0.336. The Kier molecular flexibility index (Phi) is 7.05. The van der Waals surface area contributed by atoms with E-state index in [1.165, 1.54) is 18.2 Å². The molecule has 0 saturated carbocycles. The van der Waals surface area contributed by atoms with Crippen molar-refractivity contribution in [2.45, 2.75) is 12.7 Å². The van der Waals surface area contributed by atoms with Crippen molar-refractivity contribution >= 4 is 16.9 Å². The first kappa shape index (κ1) is 24.5. The molecule has 182 valence electrons. The molecule has 5 nitrogen and oxygen atoms in total. The quantitative estimate of drug-likeness (QED) is 0.289. The number of rotatable bonds is 4. The highest BCUT2D eigenvalue weighted by molar-refractivity contribution is 5.95. The van der Waals surface area contributed by atoms with E-state index in [1.807, 2.05) is 30.3 Å². The monoisotopic (exact) mass is 490 g/mol. The summed E-state index contributed by atoms with van der Waals surface area (Å²) >= 11 is 0. The fourth-order valence-corrected chi connectivity index (χ4v) is 3.76. The molecule has 36 heavy (non-hydrogen) atoms. The Morgan fingerprint density at radius 2 is 1.42 bits per heavy atom. The zero-order chi connectivity index (χ0) is 25.7. The van der Waals surface area contributed by atoms with E-state index < -0.39 is 17.7 Å². The van der Waals surface area contributed by atoms with Gasteiger partial charge in [0.25, 0.3) is 0 Å². The SMILES string of the molecule is O=C(O)c1ccccc1.Oc1ccc(-c2c3cccc(C(F)(F)F)c3nn2Cc2ccccc2)cc1. The fourth-order valence-electron chi connectivity index (χ4n) is 3.76. The molecule has 5 rings (SSSR count). The third-order valence-electron chi connectivity index (χ3n) is 5.41. The molecule has 8 heteroatoms. The van der Waals surface area contributed by atoms with Gasteiger partial charge in [0.2, 0.25) is 0 Å². The molecular weight excluding hydrogens is 469 g/mol. The van der Waals surface area contributed by atoms with E-state index in [4.69, 9.17) is 5.11 Å². The maximum Gasteiger partial charge on any atom is 0.418 e. The number of aromatic nitrogens is 2. The predicted molar refractivity (Wildman–Crippen MR) is 131 cm³/mol. The highest BCUT2D eigenvalue weighted by atomic mass is 19.4. The Morgan fingerprint density at radius 1 is 0.806 bits per heavy atom. The van der Waals surface area contributed by atoms with Gasteiger partial charge >= 0.3 is 12.1 Å². The molecule has 0 atom stereocenters. The average molecular weight is 490 g/mol. The van der Waals surface area contributed by atoms with Gasteiger partial charge in [-0.3, -0.25) is 4.68 Å². The van der Waals surface area contributed by atoms with Crippen LogP contribution in [0.2, 0.25) is 0 Å². The molecule has 2 N–H and O–H groups in total. The van der Waals surface area contributed by atoms with Crippen LogP contribution in [0.3, 0.4) is 0 Å². The van der Waals surface area contributed by atoms with E-state index in [-0.39, 0.29) is 11.3 Å². The van der Waals surface area contributed by atoms with Crippen molar-refractivity contribution < 1.29 is 28.2 Å². The molecule has 0 amide bonds. The van der Waals surface area contributed by atoms with Gasteiger partial charge in [0, 0.05) is 10.9 Å². The van der Waals surface area contributed by atoms with Gasteiger partial charge in [0.15, 0.2) is 0 Å². The Hall–Kier alpha value is -4.59. The number of phenolic OH excluding ortho intramolecular Hbond substituents is 1. The van der Waals surface area contributed by atoms with Crippen molar-refractivity contribution in [2.75, 3.05) is 0 Å². The predicted octanol–water partition coefficient (Wildman–Crippen LogP) is 6.86. The van der Waals surface area contributed by atoms with E-state index in [0.29, 0.717) is 28.8 Å². The second-order valence-corrected chi connectivity index (χ2v) is 7.91. The number of halogens is 3. The van der Waals surface area contributed by atoms with E-state index in [2.05, 4.69) is 5.10 Å². The molecule has 0 aliphatic rings. The third kappa shape index (κ3) is 5.55. The number of hydrogen-bond donors (Lipinski definition) is 2. The number of alkyl halides is 3. The molecule has 0 spiro atoms. The number of carbonyl (C=O) groups is 1. The Labute approximate surface area is 204 Å². The topological polar surface area (TPSA) is 75.3 Å². The van der Waals surface area contributed by atoms with Gasteiger partial charge in [-0.2, -0.15) is 18.3 Å². The van der Waals surface area contributed by atoms with Crippen molar-refractivity contribution in [3.8, 4) is 17.0 Å². The second kappa shape index (κ2) is 10.4. The molecule has 0 radical (unpaired) electrons. The van der Waals surface area contributed by atoms with Crippen LogP contribution in [-0.4, -0.2) is 26.0 Å². The largest absolute Gasteiger partial charge is 0.508 e. The highest BCUT2D eigenvalue weighted by Gasteiger charge is 2.34. The number of carboxylic acids is 1. The molecule has 0 unspecified atom stereocenters. The number of aromatic carboxylic acids is 1. The molecule has 0 fully saturated rings. The standard InChI is InChI=1S/C21H15F3N2O.C7H6O2/c22-21(23,24)18-8-4-7-17-19(18)25-26(13-14-5-2-1-3-6-14)20(17)15-9-11-16(27)12-10-15;8-7(9)6-4-2-1-3-5-6/h1-12,27H,13H2;1-5H,(H,8,9). The zero-order valence-corrected chi connectivity index (χ0v) is 18.9. The van der Waals surface area contributed by atoms with Crippen LogP contribution in [-0.2, 0) is 12.7 Å². The molecule has 0 aliphatic heterocycles. The number of nitrogens with zero attached hydrogens (tertiary/aromatic N) is 2. The summed E-state index contributed by atoms with van der Waals surface area (Å²) in [5, 5.41) is 22.7. The first-order chi connectivity index (χ1) is 17.2. The van der Waals surface area contributed by atoms with Crippen LogP contribution in [0.25, 0.3) is 22.2 Å². The molecule has 0 aliphatic carbocycles. The van der Waals surface area contributed by atoms with Gasteiger partial charge in [-0.05, 0) is 48.0 Å². The molecule has 4 aromatic carbocycles. The number of carboxylic acid groups (broad SMARTS) is 1. The van der Waals surface area contributed by atoms with Gasteiger partial charge in [0.05, 0.1) is 23.4 Å². The number of aromatic hydroxyl groups is 1. The lowest BCUT2D eigenvalue weighted by Gasteiger charge is -2.09. The first-order valence-electron chi connectivity index (χ1n) is 10.9. The van der Waals surface area contributed by atoms with Gasteiger partial charge in [-0.1, -0.05) is 60.7 Å². The van der Waals surface area contributed by atoms with Crippen LogP contribution >= 0.6 is 0 Å². The summed E-state index contributed by atoms with van der Waals surface area (Å²) in [6, 6.07) is 28.2. The van der Waals surface area contributed by atoms with E-state index in [1.54, 1.807) is 53.2 Å². The number of benzene rings is 4. The minimum absolute atomic E-state index is 0.0796. The molecule has 0 bridgehead atoms. The van der Waals surface area contributed by atoms with Crippen molar-refractivity contribution in [1.82, 2.24) is 9.78 Å². The molecule has 0 saturated heterocycles. The van der Waals surface area contributed by atoms with Gasteiger partial charge < -0.3 is 10.2 Å². The van der Waals surface area contributed by atoms with Crippen LogP contribution in [0.5, 0.6) is 5.75 Å². The van der Waals surface area contributed by atoms with Gasteiger partial charge in [-0.15, -0.1) is 0 Å². The normalized spacial score (nSPS) is 11.1. The summed E-state index contributed by atoms with van der Waals surface area (Å²) in [7, 11) is 0. The van der Waals surface area contributed by atoms with E-state index >= 15 is 0 Å². The molecule has 1 aromatic heterocycles. The lowest BCUT2D eigenvalue weighted by Crippen LogP contribution is -2.06. The molecule has 1 heterocycles. The van der Waals surface area contributed by atoms with Crippen LogP contribution < -0.4 is 0 Å². The highest BCUT2D eigenvalue weighted by Crippen LogP contribution is 2.38. The Morgan fingerprint density at radius 3 is 1.97 bits per heavy atom. The minimum atomic E-state index is -4.49. The zero-order valence-electron chi connectivity index (χ0n) is 18.9. The molecule has 5 aromatic rings. The van der Waals surface area contributed by atoms with Crippen molar-refractivity contribution in [3.05, 3.63) is 120 Å². The van der Waals surface area contributed by atoms with Gasteiger partial charge in [-0.25, -0.2) is 4.79 Å². The maximum absolute atomic E-state index is 13.5.